The van der Waals surface area contributed by atoms with Crippen molar-refractivity contribution in [2.45, 2.75) is 26.2 Å². The fourth-order valence-corrected chi connectivity index (χ4v) is 1.69. The highest BCUT2D eigenvalue weighted by atomic mass is 16.5. The maximum absolute atomic E-state index is 11.2. The molecule has 1 aromatic carbocycles. The van der Waals surface area contributed by atoms with Crippen LogP contribution in [0.15, 0.2) is 18.2 Å². The summed E-state index contributed by atoms with van der Waals surface area (Å²) in [6.07, 6.45) is 2.59. The predicted molar refractivity (Wildman–Crippen MR) is 59.2 cm³/mol. The molecule has 0 bridgehead atoms. The summed E-state index contributed by atoms with van der Waals surface area (Å²) < 4.78 is 5.50. The Morgan fingerprint density at radius 1 is 1.53 bits per heavy atom. The highest BCUT2D eigenvalue weighted by Crippen LogP contribution is 2.27. The molecule has 0 spiro atoms. The molecule has 0 saturated carbocycles. The molecule has 2 rings (SSSR count). The summed E-state index contributed by atoms with van der Waals surface area (Å²) in [6, 6.07) is 5.82. The Labute approximate surface area is 89.4 Å². The topological polar surface area (TPSA) is 38.3 Å². The first-order valence-corrected chi connectivity index (χ1v) is 5.35. The Kier molecular flexibility index (Phi) is 2.90. The lowest BCUT2D eigenvalue weighted by molar-refractivity contribution is -0.115. The number of amides is 1. The Balaban J connectivity index is 2.17. The van der Waals surface area contributed by atoms with Crippen molar-refractivity contribution in [1.82, 2.24) is 0 Å². The molecule has 3 heteroatoms. The largest absolute Gasteiger partial charge is 0.493 e. The van der Waals surface area contributed by atoms with Gasteiger partial charge in [0.25, 0.3) is 0 Å². The smallest absolute Gasteiger partial charge is 0.224 e. The van der Waals surface area contributed by atoms with E-state index in [1.165, 1.54) is 5.56 Å². The van der Waals surface area contributed by atoms with Crippen molar-refractivity contribution in [2.75, 3.05) is 11.9 Å². The molecule has 1 heterocycles. The maximum Gasteiger partial charge on any atom is 0.224 e. The standard InChI is InChI=1S/C12H15NO2/c1-2-12(14)13-10-5-6-11-9(8-10)4-3-7-15-11/h5-6,8H,2-4,7H2,1H3,(H,13,14). The van der Waals surface area contributed by atoms with Gasteiger partial charge in [-0.05, 0) is 36.6 Å². The summed E-state index contributed by atoms with van der Waals surface area (Å²) in [5.74, 6) is 1.00. The minimum atomic E-state index is 0.0478. The number of carbonyl (C=O) groups excluding carboxylic acids is 1. The van der Waals surface area contributed by atoms with Crippen LogP contribution in [0.2, 0.25) is 0 Å². The van der Waals surface area contributed by atoms with Crippen LogP contribution in [0.4, 0.5) is 5.69 Å². The number of aryl methyl sites for hydroxylation is 1. The molecule has 1 aliphatic rings. The molecule has 0 radical (unpaired) electrons. The van der Waals surface area contributed by atoms with Crippen LogP contribution in [0.3, 0.4) is 0 Å². The van der Waals surface area contributed by atoms with Crippen molar-refractivity contribution in [3.8, 4) is 5.75 Å². The van der Waals surface area contributed by atoms with Crippen molar-refractivity contribution < 1.29 is 9.53 Å². The monoisotopic (exact) mass is 205 g/mol. The zero-order valence-electron chi connectivity index (χ0n) is 8.88. The average Bonchev–Trinajstić information content (AvgIpc) is 2.29. The van der Waals surface area contributed by atoms with E-state index in [9.17, 15) is 4.79 Å². The van der Waals surface area contributed by atoms with Crippen LogP contribution in [0, 0.1) is 0 Å². The summed E-state index contributed by atoms with van der Waals surface area (Å²) in [7, 11) is 0. The molecular formula is C12H15NO2. The molecule has 1 amide bonds. The highest BCUT2D eigenvalue weighted by molar-refractivity contribution is 5.90. The van der Waals surface area contributed by atoms with Crippen LogP contribution in [-0.2, 0) is 11.2 Å². The van der Waals surface area contributed by atoms with E-state index in [1.54, 1.807) is 0 Å². The van der Waals surface area contributed by atoms with E-state index in [0.29, 0.717) is 6.42 Å². The van der Waals surface area contributed by atoms with Crippen LogP contribution in [0.1, 0.15) is 25.3 Å². The molecule has 0 aliphatic carbocycles. The number of carbonyl (C=O) groups is 1. The van der Waals surface area contributed by atoms with Gasteiger partial charge in [0, 0.05) is 12.1 Å². The average molecular weight is 205 g/mol. The third-order valence-corrected chi connectivity index (χ3v) is 2.51. The predicted octanol–water partition coefficient (Wildman–Crippen LogP) is 2.36. The van der Waals surface area contributed by atoms with E-state index in [-0.39, 0.29) is 5.91 Å². The van der Waals surface area contributed by atoms with Crippen molar-refractivity contribution in [3.05, 3.63) is 23.8 Å². The van der Waals surface area contributed by atoms with E-state index < -0.39 is 0 Å². The molecule has 0 saturated heterocycles. The molecule has 15 heavy (non-hydrogen) atoms. The zero-order chi connectivity index (χ0) is 10.7. The number of benzene rings is 1. The lowest BCUT2D eigenvalue weighted by Gasteiger charge is -2.17. The molecular weight excluding hydrogens is 190 g/mol. The second-order valence-electron chi connectivity index (χ2n) is 3.68. The van der Waals surface area contributed by atoms with Gasteiger partial charge in [0.15, 0.2) is 0 Å². The van der Waals surface area contributed by atoms with E-state index in [1.807, 2.05) is 25.1 Å². The van der Waals surface area contributed by atoms with Gasteiger partial charge in [-0.15, -0.1) is 0 Å². The van der Waals surface area contributed by atoms with Gasteiger partial charge in [-0.25, -0.2) is 0 Å². The zero-order valence-corrected chi connectivity index (χ0v) is 8.88. The number of rotatable bonds is 2. The number of fused-ring (bicyclic) bond motifs is 1. The van der Waals surface area contributed by atoms with E-state index in [0.717, 1.165) is 30.9 Å². The molecule has 80 valence electrons. The van der Waals surface area contributed by atoms with Crippen molar-refractivity contribution in [3.63, 3.8) is 0 Å². The van der Waals surface area contributed by atoms with Gasteiger partial charge in [-0.2, -0.15) is 0 Å². The Morgan fingerprint density at radius 3 is 3.20 bits per heavy atom. The third kappa shape index (κ3) is 2.29. The van der Waals surface area contributed by atoms with Crippen molar-refractivity contribution in [1.29, 1.82) is 0 Å². The number of hydrogen-bond donors (Lipinski definition) is 1. The third-order valence-electron chi connectivity index (χ3n) is 2.51. The minimum Gasteiger partial charge on any atom is -0.493 e. The molecule has 0 aromatic heterocycles. The van der Waals surface area contributed by atoms with Gasteiger partial charge in [-0.3, -0.25) is 4.79 Å². The van der Waals surface area contributed by atoms with Crippen LogP contribution >= 0.6 is 0 Å². The SMILES string of the molecule is CCC(=O)Nc1ccc2c(c1)CCCO2. The normalized spacial score (nSPS) is 13.9. The van der Waals surface area contributed by atoms with Crippen LogP contribution in [-0.4, -0.2) is 12.5 Å². The van der Waals surface area contributed by atoms with E-state index in [4.69, 9.17) is 4.74 Å². The molecule has 0 unspecified atom stereocenters. The van der Waals surface area contributed by atoms with Crippen molar-refractivity contribution in [2.24, 2.45) is 0 Å². The number of hydrogen-bond acceptors (Lipinski definition) is 2. The van der Waals surface area contributed by atoms with Gasteiger partial charge in [0.2, 0.25) is 5.91 Å². The summed E-state index contributed by atoms with van der Waals surface area (Å²) in [4.78, 5) is 11.2. The van der Waals surface area contributed by atoms with Gasteiger partial charge < -0.3 is 10.1 Å². The van der Waals surface area contributed by atoms with Crippen molar-refractivity contribution >= 4 is 11.6 Å². The fraction of sp³-hybridized carbons (Fsp3) is 0.417. The van der Waals surface area contributed by atoms with Gasteiger partial charge in [0.1, 0.15) is 5.75 Å². The number of nitrogens with one attached hydrogen (secondary N) is 1. The molecule has 1 aliphatic heterocycles. The molecule has 0 fully saturated rings. The number of anilines is 1. The summed E-state index contributed by atoms with van der Waals surface area (Å²) in [5, 5.41) is 2.85. The first kappa shape index (κ1) is 10.0. The van der Waals surface area contributed by atoms with Crippen LogP contribution in [0.25, 0.3) is 0 Å². The quantitative estimate of drug-likeness (QED) is 0.804. The van der Waals surface area contributed by atoms with Crippen LogP contribution < -0.4 is 10.1 Å². The van der Waals surface area contributed by atoms with Gasteiger partial charge in [0.05, 0.1) is 6.61 Å². The maximum atomic E-state index is 11.2. The lowest BCUT2D eigenvalue weighted by Crippen LogP contribution is -2.12. The van der Waals surface area contributed by atoms with Gasteiger partial charge >= 0.3 is 0 Å². The Morgan fingerprint density at radius 2 is 2.40 bits per heavy atom. The Bertz CT molecular complexity index is 374. The Hall–Kier alpha value is -1.51. The van der Waals surface area contributed by atoms with E-state index >= 15 is 0 Å². The molecule has 1 N–H and O–H groups in total. The second-order valence-corrected chi connectivity index (χ2v) is 3.68. The lowest BCUT2D eigenvalue weighted by atomic mass is 10.1. The summed E-state index contributed by atoms with van der Waals surface area (Å²) in [6.45, 7) is 2.64. The first-order chi connectivity index (χ1) is 7.29. The summed E-state index contributed by atoms with van der Waals surface area (Å²) in [5.41, 5.74) is 2.06. The molecule has 3 nitrogen and oxygen atoms in total. The summed E-state index contributed by atoms with van der Waals surface area (Å²) >= 11 is 0. The van der Waals surface area contributed by atoms with Gasteiger partial charge in [-0.1, -0.05) is 6.92 Å². The highest BCUT2D eigenvalue weighted by Gasteiger charge is 2.10. The van der Waals surface area contributed by atoms with E-state index in [2.05, 4.69) is 5.32 Å². The second kappa shape index (κ2) is 4.34. The molecule has 0 atom stereocenters. The number of ether oxygens (including phenoxy) is 1. The first-order valence-electron chi connectivity index (χ1n) is 5.35. The minimum absolute atomic E-state index is 0.0478. The van der Waals surface area contributed by atoms with Crippen LogP contribution in [0.5, 0.6) is 5.75 Å². The molecule has 1 aromatic rings. The fourth-order valence-electron chi connectivity index (χ4n) is 1.69.